The van der Waals surface area contributed by atoms with Crippen molar-refractivity contribution in [3.05, 3.63) is 0 Å². The van der Waals surface area contributed by atoms with Crippen LogP contribution < -0.4 is 0 Å². The first-order valence-electron chi connectivity index (χ1n) is 9.82. The third-order valence-corrected chi connectivity index (χ3v) is 6.55. The molecule has 0 saturated heterocycles. The van der Waals surface area contributed by atoms with Crippen LogP contribution in [0.3, 0.4) is 0 Å². The van der Waals surface area contributed by atoms with Gasteiger partial charge in [-0.2, -0.15) is 0 Å². The van der Waals surface area contributed by atoms with Crippen LogP contribution in [-0.2, 0) is 4.74 Å². The summed E-state index contributed by atoms with van der Waals surface area (Å²) >= 11 is 0. The van der Waals surface area contributed by atoms with Gasteiger partial charge in [0.15, 0.2) is 0 Å². The van der Waals surface area contributed by atoms with E-state index in [-0.39, 0.29) is 25.6 Å². The Morgan fingerprint density at radius 2 is 1.48 bits per heavy atom. The minimum atomic E-state index is -0.556. The third kappa shape index (κ3) is 5.78. The molecule has 0 aromatic rings. The van der Waals surface area contributed by atoms with Gasteiger partial charge in [0.1, 0.15) is 0 Å². The number of halogens is 1. The smallest absolute Gasteiger partial charge is 0.0900 e. The van der Waals surface area contributed by atoms with Gasteiger partial charge >= 0.3 is 0 Å². The molecule has 4 fully saturated rings. The van der Waals surface area contributed by atoms with Crippen molar-refractivity contribution >= 4 is 12.4 Å². The molecule has 25 heavy (non-hydrogen) atoms. The maximum Gasteiger partial charge on any atom is 0.0900 e. The zero-order valence-corrected chi connectivity index (χ0v) is 16.1. The minimum Gasteiger partial charge on any atom is -0.395 e. The van der Waals surface area contributed by atoms with Gasteiger partial charge in [-0.3, -0.25) is 4.90 Å². The van der Waals surface area contributed by atoms with E-state index in [2.05, 4.69) is 0 Å². The summed E-state index contributed by atoms with van der Waals surface area (Å²) in [6, 6.07) is 0. The number of aliphatic hydroxyl groups excluding tert-OH is 3. The molecule has 0 radical (unpaired) electrons. The molecule has 1 unspecified atom stereocenters. The van der Waals surface area contributed by atoms with Gasteiger partial charge in [-0.15, -0.1) is 12.4 Å². The van der Waals surface area contributed by atoms with E-state index >= 15 is 0 Å². The van der Waals surface area contributed by atoms with Crippen LogP contribution in [-0.4, -0.2) is 72.4 Å². The first-order valence-corrected chi connectivity index (χ1v) is 9.82. The second-order valence-corrected chi connectivity index (χ2v) is 8.64. The van der Waals surface area contributed by atoms with E-state index in [4.69, 9.17) is 14.9 Å². The predicted octanol–water partition coefficient (Wildman–Crippen LogP) is 1.68. The zero-order chi connectivity index (χ0) is 17.0. The lowest BCUT2D eigenvalue weighted by molar-refractivity contribution is -0.0742. The molecule has 4 aliphatic rings. The van der Waals surface area contributed by atoms with Gasteiger partial charge in [0.25, 0.3) is 0 Å². The first kappa shape index (κ1) is 21.4. The molecule has 4 bridgehead atoms. The van der Waals surface area contributed by atoms with E-state index in [0.29, 0.717) is 31.7 Å². The average Bonchev–Trinajstić information content (AvgIpc) is 2.51. The first-order chi connectivity index (χ1) is 11.6. The van der Waals surface area contributed by atoms with Crippen LogP contribution >= 0.6 is 12.4 Å². The van der Waals surface area contributed by atoms with E-state index < -0.39 is 6.10 Å². The Labute approximate surface area is 158 Å². The van der Waals surface area contributed by atoms with Crippen molar-refractivity contribution in [2.45, 2.75) is 51.0 Å². The zero-order valence-electron chi connectivity index (χ0n) is 15.3. The molecule has 0 aromatic heterocycles. The number of rotatable bonds is 11. The molecule has 148 valence electrons. The molecule has 6 heteroatoms. The summed E-state index contributed by atoms with van der Waals surface area (Å²) in [5.74, 6) is 2.94. The van der Waals surface area contributed by atoms with Crippen LogP contribution in [0.2, 0.25) is 0 Å². The fraction of sp³-hybridized carbons (Fsp3) is 1.00. The van der Waals surface area contributed by atoms with Crippen LogP contribution in [0.4, 0.5) is 0 Å². The second kappa shape index (κ2) is 9.86. The lowest BCUT2D eigenvalue weighted by Gasteiger charge is -2.57. The van der Waals surface area contributed by atoms with Gasteiger partial charge in [0.2, 0.25) is 0 Å². The fourth-order valence-electron chi connectivity index (χ4n) is 6.03. The topological polar surface area (TPSA) is 73.2 Å². The standard InChI is InChI=1S/C19H35NO4.ClH/c21-4-2-20(3-5-22)13-18(23)14-24-6-1-19-10-15-7-16(11-19)9-17(8-15)12-19;/h15-18,21-23H,1-14H2;1H. The molecule has 4 aliphatic carbocycles. The molecule has 0 amide bonds. The SMILES string of the molecule is Cl.OCCN(CCO)CC(O)COCCC12CC3CC(CC(C3)C1)C2. The molecule has 0 heterocycles. The third-order valence-electron chi connectivity index (χ3n) is 6.55. The lowest BCUT2D eigenvalue weighted by atomic mass is 9.49. The largest absolute Gasteiger partial charge is 0.395 e. The molecule has 0 aromatic carbocycles. The number of aliphatic hydroxyl groups is 3. The molecule has 1 atom stereocenters. The van der Waals surface area contributed by atoms with Crippen molar-refractivity contribution in [1.82, 2.24) is 4.90 Å². The van der Waals surface area contributed by atoms with Crippen LogP contribution in [0.1, 0.15) is 44.9 Å². The summed E-state index contributed by atoms with van der Waals surface area (Å²) in [4.78, 5) is 1.87. The predicted molar refractivity (Wildman–Crippen MR) is 99.9 cm³/mol. The molecular formula is C19H36ClNO4. The van der Waals surface area contributed by atoms with Crippen molar-refractivity contribution in [1.29, 1.82) is 0 Å². The molecule has 0 aliphatic heterocycles. The van der Waals surface area contributed by atoms with Gasteiger partial charge in [-0.1, -0.05) is 0 Å². The Hall–Kier alpha value is 0.0900. The van der Waals surface area contributed by atoms with E-state index in [0.717, 1.165) is 30.8 Å². The van der Waals surface area contributed by atoms with Crippen molar-refractivity contribution in [3.8, 4) is 0 Å². The maximum atomic E-state index is 10.1. The molecule has 4 rings (SSSR count). The molecule has 3 N–H and O–H groups in total. The van der Waals surface area contributed by atoms with E-state index in [1.165, 1.54) is 38.5 Å². The molecule has 4 saturated carbocycles. The number of hydrogen-bond donors (Lipinski definition) is 3. The minimum absolute atomic E-state index is 0. The van der Waals surface area contributed by atoms with Crippen molar-refractivity contribution in [2.75, 3.05) is 46.1 Å². The Morgan fingerprint density at radius 1 is 0.960 bits per heavy atom. The van der Waals surface area contributed by atoms with Crippen molar-refractivity contribution in [2.24, 2.45) is 23.2 Å². The second-order valence-electron chi connectivity index (χ2n) is 8.64. The monoisotopic (exact) mass is 377 g/mol. The van der Waals surface area contributed by atoms with Crippen molar-refractivity contribution in [3.63, 3.8) is 0 Å². The summed E-state index contributed by atoms with van der Waals surface area (Å²) < 4.78 is 5.79. The average molecular weight is 378 g/mol. The van der Waals surface area contributed by atoms with Gasteiger partial charge in [-0.25, -0.2) is 0 Å². The van der Waals surface area contributed by atoms with Crippen molar-refractivity contribution < 1.29 is 20.1 Å². The van der Waals surface area contributed by atoms with E-state index in [1.54, 1.807) is 0 Å². The summed E-state index contributed by atoms with van der Waals surface area (Å²) in [7, 11) is 0. The maximum absolute atomic E-state index is 10.1. The number of hydrogen-bond acceptors (Lipinski definition) is 5. The summed E-state index contributed by atoms with van der Waals surface area (Å²) in [6.07, 6.45) is 9.25. The summed E-state index contributed by atoms with van der Waals surface area (Å²) in [6.45, 7) is 2.58. The highest BCUT2D eigenvalue weighted by Gasteiger charge is 2.50. The quantitative estimate of drug-likeness (QED) is 0.478. The van der Waals surface area contributed by atoms with Gasteiger partial charge in [0, 0.05) is 26.2 Å². The number of nitrogens with zero attached hydrogens (tertiary/aromatic N) is 1. The number of ether oxygens (including phenoxy) is 1. The van der Waals surface area contributed by atoms with Crippen LogP contribution in [0.5, 0.6) is 0 Å². The van der Waals surface area contributed by atoms with Gasteiger partial charge in [-0.05, 0) is 68.1 Å². The Morgan fingerprint density at radius 3 is 1.96 bits per heavy atom. The fourth-order valence-corrected chi connectivity index (χ4v) is 6.03. The van der Waals surface area contributed by atoms with Crippen LogP contribution in [0.25, 0.3) is 0 Å². The Kier molecular flexibility index (Phi) is 8.44. The summed E-state index contributed by atoms with van der Waals surface area (Å²) in [5.41, 5.74) is 0.541. The summed E-state index contributed by atoms with van der Waals surface area (Å²) in [5, 5.41) is 28.1. The van der Waals surface area contributed by atoms with Crippen LogP contribution in [0.15, 0.2) is 0 Å². The molecule has 5 nitrogen and oxygen atoms in total. The molecule has 0 spiro atoms. The lowest BCUT2D eigenvalue weighted by Crippen LogP contribution is -2.46. The normalized spacial score (nSPS) is 34.3. The van der Waals surface area contributed by atoms with E-state index in [1.807, 2.05) is 4.90 Å². The Balaban J connectivity index is 0.00000225. The highest BCUT2D eigenvalue weighted by Crippen LogP contribution is 2.61. The Bertz CT molecular complexity index is 354. The highest BCUT2D eigenvalue weighted by molar-refractivity contribution is 5.85. The van der Waals surface area contributed by atoms with E-state index in [9.17, 15) is 5.11 Å². The highest BCUT2D eigenvalue weighted by atomic mass is 35.5. The molecular weight excluding hydrogens is 342 g/mol. The van der Waals surface area contributed by atoms with Gasteiger partial charge in [0.05, 0.1) is 25.9 Å². The van der Waals surface area contributed by atoms with Gasteiger partial charge < -0.3 is 20.1 Å². The van der Waals surface area contributed by atoms with Crippen LogP contribution in [0, 0.1) is 23.2 Å².